The van der Waals surface area contributed by atoms with Crippen LogP contribution in [0, 0.1) is 0 Å². The molecule has 2 rings (SSSR count). The monoisotopic (exact) mass is 273 g/mol. The summed E-state index contributed by atoms with van der Waals surface area (Å²) in [7, 11) is 0. The van der Waals surface area contributed by atoms with Gasteiger partial charge in [0.1, 0.15) is 6.04 Å². The van der Waals surface area contributed by atoms with Gasteiger partial charge in [-0.25, -0.2) is 4.79 Å². The number of hydrogen-bond donors (Lipinski definition) is 1. The Morgan fingerprint density at radius 3 is 2.59 bits per heavy atom. The van der Waals surface area contributed by atoms with E-state index in [2.05, 4.69) is 0 Å². The number of carbonyl (C=O) groups excluding carboxylic acids is 1. The summed E-state index contributed by atoms with van der Waals surface area (Å²) in [5.41, 5.74) is 0. The zero-order chi connectivity index (χ0) is 12.6. The van der Waals surface area contributed by atoms with Gasteiger partial charge in [0.15, 0.2) is 0 Å². The van der Waals surface area contributed by atoms with Crippen molar-refractivity contribution in [1.82, 2.24) is 4.90 Å². The van der Waals surface area contributed by atoms with Crippen molar-refractivity contribution in [3.8, 4) is 0 Å². The first-order chi connectivity index (χ1) is 8.00. The first-order valence-electron chi connectivity index (χ1n) is 5.31. The van der Waals surface area contributed by atoms with Crippen LogP contribution in [0.4, 0.5) is 0 Å². The average Bonchev–Trinajstić information content (AvgIpc) is 3.00. The Hall–Kier alpha value is -1.07. The van der Waals surface area contributed by atoms with E-state index < -0.39 is 12.0 Å². The van der Waals surface area contributed by atoms with Crippen LogP contribution < -0.4 is 0 Å². The predicted molar refractivity (Wildman–Crippen MR) is 65.6 cm³/mol. The third-order valence-corrected chi connectivity index (χ3v) is 3.95. The molecule has 1 amide bonds. The lowest BCUT2D eigenvalue weighted by Gasteiger charge is -2.25. The molecule has 0 spiro atoms. The molecule has 92 valence electrons. The molecular weight excluding hydrogens is 262 g/mol. The fourth-order valence-electron chi connectivity index (χ4n) is 1.69. The number of halogens is 1. The van der Waals surface area contributed by atoms with Crippen LogP contribution in [-0.2, 0) is 4.79 Å². The Morgan fingerprint density at radius 2 is 2.18 bits per heavy atom. The molecule has 0 saturated heterocycles. The van der Waals surface area contributed by atoms with Crippen molar-refractivity contribution < 1.29 is 14.7 Å². The molecule has 1 atom stereocenters. The maximum Gasteiger partial charge on any atom is 0.326 e. The molecule has 0 aromatic carbocycles. The Morgan fingerprint density at radius 1 is 1.53 bits per heavy atom. The number of aliphatic carboxylic acids is 1. The minimum atomic E-state index is -0.979. The maximum atomic E-state index is 12.2. The minimum absolute atomic E-state index is 0.0643. The summed E-state index contributed by atoms with van der Waals surface area (Å²) >= 11 is 6.96. The molecule has 6 heteroatoms. The van der Waals surface area contributed by atoms with Gasteiger partial charge >= 0.3 is 5.97 Å². The topological polar surface area (TPSA) is 57.6 Å². The van der Waals surface area contributed by atoms with Crippen LogP contribution in [-0.4, -0.2) is 34.0 Å². The zero-order valence-electron chi connectivity index (χ0n) is 9.22. The lowest BCUT2D eigenvalue weighted by Crippen LogP contribution is -2.44. The van der Waals surface area contributed by atoms with Gasteiger partial charge in [0.25, 0.3) is 5.91 Å². The van der Waals surface area contributed by atoms with Crippen molar-refractivity contribution in [3.63, 3.8) is 0 Å². The first kappa shape index (κ1) is 12.4. The molecule has 1 aromatic heterocycles. The molecule has 0 bridgehead atoms. The molecule has 0 radical (unpaired) electrons. The normalized spacial score (nSPS) is 16.6. The van der Waals surface area contributed by atoms with Crippen molar-refractivity contribution in [3.05, 3.63) is 21.3 Å². The third-order valence-electron chi connectivity index (χ3n) is 2.73. The standard InChI is InChI=1S/C11H12ClNO3S/c1-6(11(15)16)13(7-2-3-7)10(14)8-4-5-9(12)17-8/h4-7H,2-3H2,1H3,(H,15,16). The van der Waals surface area contributed by atoms with Gasteiger partial charge in [-0.15, -0.1) is 11.3 Å². The summed E-state index contributed by atoms with van der Waals surface area (Å²) in [5, 5.41) is 9.01. The van der Waals surface area contributed by atoms with Crippen molar-refractivity contribution >= 4 is 34.8 Å². The lowest BCUT2D eigenvalue weighted by molar-refractivity contribution is -0.141. The molecule has 1 aromatic rings. The summed E-state index contributed by atoms with van der Waals surface area (Å²) in [6.45, 7) is 1.54. The van der Waals surface area contributed by atoms with Gasteiger partial charge in [-0.05, 0) is 31.9 Å². The number of carboxylic acid groups (broad SMARTS) is 1. The van der Waals surface area contributed by atoms with E-state index in [9.17, 15) is 9.59 Å². The van der Waals surface area contributed by atoms with Crippen LogP contribution in [0.15, 0.2) is 12.1 Å². The number of thiophene rings is 1. The number of carboxylic acids is 1. The van der Waals surface area contributed by atoms with Gasteiger partial charge in [0.05, 0.1) is 9.21 Å². The van der Waals surface area contributed by atoms with E-state index in [0.717, 1.165) is 12.8 Å². The van der Waals surface area contributed by atoms with E-state index in [1.54, 1.807) is 12.1 Å². The summed E-state index contributed by atoms with van der Waals surface area (Å²) in [6, 6.07) is 2.56. The Bertz CT molecular complexity index is 455. The van der Waals surface area contributed by atoms with Gasteiger partial charge in [0, 0.05) is 6.04 Å². The number of carbonyl (C=O) groups is 2. The van der Waals surface area contributed by atoms with Crippen molar-refractivity contribution in [2.45, 2.75) is 31.8 Å². The summed E-state index contributed by atoms with van der Waals surface area (Å²) in [6.07, 6.45) is 1.75. The van der Waals surface area contributed by atoms with Gasteiger partial charge in [0.2, 0.25) is 0 Å². The van der Waals surface area contributed by atoms with E-state index in [4.69, 9.17) is 16.7 Å². The minimum Gasteiger partial charge on any atom is -0.480 e. The summed E-state index contributed by atoms with van der Waals surface area (Å²) < 4.78 is 0.534. The SMILES string of the molecule is CC(C(=O)O)N(C(=O)c1ccc(Cl)s1)C1CC1. The van der Waals surface area contributed by atoms with E-state index in [1.807, 2.05) is 0 Å². The van der Waals surface area contributed by atoms with Gasteiger partial charge in [-0.1, -0.05) is 11.6 Å². The molecule has 0 aliphatic heterocycles. The Kier molecular flexibility index (Phi) is 3.40. The molecule has 1 aliphatic carbocycles. The molecule has 1 fully saturated rings. The molecule has 1 N–H and O–H groups in total. The zero-order valence-corrected chi connectivity index (χ0v) is 10.8. The molecule has 1 aliphatic rings. The fourth-order valence-corrected chi connectivity index (χ4v) is 2.67. The predicted octanol–water partition coefficient (Wildman–Crippen LogP) is 2.48. The quantitative estimate of drug-likeness (QED) is 0.917. The van der Waals surface area contributed by atoms with Crippen LogP contribution >= 0.6 is 22.9 Å². The van der Waals surface area contributed by atoms with Crippen LogP contribution in [0.25, 0.3) is 0 Å². The van der Waals surface area contributed by atoms with E-state index in [0.29, 0.717) is 9.21 Å². The highest BCUT2D eigenvalue weighted by Crippen LogP contribution is 2.32. The Balaban J connectivity index is 2.21. The van der Waals surface area contributed by atoms with Crippen LogP contribution in [0.2, 0.25) is 4.34 Å². The molecule has 17 heavy (non-hydrogen) atoms. The van der Waals surface area contributed by atoms with Crippen LogP contribution in [0.3, 0.4) is 0 Å². The maximum absolute atomic E-state index is 12.2. The van der Waals surface area contributed by atoms with Gasteiger partial charge in [-0.2, -0.15) is 0 Å². The molecular formula is C11H12ClNO3S. The summed E-state index contributed by atoms with van der Waals surface area (Å²) in [5.74, 6) is -1.22. The lowest BCUT2D eigenvalue weighted by atomic mass is 10.2. The smallest absolute Gasteiger partial charge is 0.326 e. The third kappa shape index (κ3) is 2.61. The van der Waals surface area contributed by atoms with Crippen LogP contribution in [0.1, 0.15) is 29.4 Å². The second-order valence-corrected chi connectivity index (χ2v) is 5.78. The number of hydrogen-bond acceptors (Lipinski definition) is 3. The number of nitrogens with zero attached hydrogens (tertiary/aromatic N) is 1. The van der Waals surface area contributed by atoms with Gasteiger partial charge in [-0.3, -0.25) is 4.79 Å². The largest absolute Gasteiger partial charge is 0.480 e. The van der Waals surface area contributed by atoms with Crippen molar-refractivity contribution in [2.75, 3.05) is 0 Å². The second-order valence-electron chi connectivity index (χ2n) is 4.06. The van der Waals surface area contributed by atoms with Crippen molar-refractivity contribution in [1.29, 1.82) is 0 Å². The Labute approximate surface area is 108 Å². The summed E-state index contributed by atoms with van der Waals surface area (Å²) in [4.78, 5) is 25.1. The molecule has 4 nitrogen and oxygen atoms in total. The highest BCUT2D eigenvalue weighted by Gasteiger charge is 2.39. The van der Waals surface area contributed by atoms with E-state index >= 15 is 0 Å². The average molecular weight is 274 g/mol. The number of rotatable bonds is 4. The van der Waals surface area contributed by atoms with Gasteiger partial charge < -0.3 is 10.0 Å². The highest BCUT2D eigenvalue weighted by molar-refractivity contribution is 7.17. The fraction of sp³-hybridized carbons (Fsp3) is 0.455. The highest BCUT2D eigenvalue weighted by atomic mass is 35.5. The molecule has 1 unspecified atom stereocenters. The van der Waals surface area contributed by atoms with E-state index in [-0.39, 0.29) is 11.9 Å². The van der Waals surface area contributed by atoms with Crippen LogP contribution in [0.5, 0.6) is 0 Å². The first-order valence-corrected chi connectivity index (χ1v) is 6.51. The number of amides is 1. The molecule has 1 heterocycles. The van der Waals surface area contributed by atoms with Crippen molar-refractivity contribution in [2.24, 2.45) is 0 Å². The second kappa shape index (κ2) is 4.66. The molecule has 1 saturated carbocycles. The van der Waals surface area contributed by atoms with E-state index in [1.165, 1.54) is 23.2 Å².